The predicted octanol–water partition coefficient (Wildman–Crippen LogP) is 1.39. The summed E-state index contributed by atoms with van der Waals surface area (Å²) in [5, 5.41) is 4.97. The Labute approximate surface area is 108 Å². The van der Waals surface area contributed by atoms with E-state index >= 15 is 0 Å². The van der Waals surface area contributed by atoms with Crippen molar-refractivity contribution in [2.24, 2.45) is 11.1 Å². The molecule has 1 aromatic carbocycles. The summed E-state index contributed by atoms with van der Waals surface area (Å²) in [5.41, 5.74) is 0. The molecule has 1 rings (SSSR count). The van der Waals surface area contributed by atoms with Crippen molar-refractivity contribution in [1.29, 1.82) is 0 Å². The minimum absolute atomic E-state index is 0.0852. The highest BCUT2D eigenvalue weighted by Crippen LogP contribution is 2.19. The molecule has 0 radical (unpaired) electrons. The summed E-state index contributed by atoms with van der Waals surface area (Å²) in [6.45, 7) is 4.57. The monoisotopic (exact) mass is 273 g/mol. The van der Waals surface area contributed by atoms with Gasteiger partial charge in [-0.05, 0) is 19.1 Å². The number of hydrogen-bond donors (Lipinski definition) is 1. The van der Waals surface area contributed by atoms with Gasteiger partial charge in [-0.15, -0.1) is 0 Å². The Hall–Kier alpha value is -1.27. The standard InChI is InChI=1S/C12H19NO4S/c1-3-16-11-5-4-6-12(7-11)17-8-10(2)9-18(13,14)15/h4-7,10H,3,8-9H2,1-2H3,(H2,13,14,15). The zero-order valence-corrected chi connectivity index (χ0v) is 11.4. The molecule has 0 aromatic heterocycles. The molecular weight excluding hydrogens is 254 g/mol. The fourth-order valence-electron chi connectivity index (χ4n) is 1.50. The van der Waals surface area contributed by atoms with Crippen molar-refractivity contribution in [2.75, 3.05) is 19.0 Å². The van der Waals surface area contributed by atoms with E-state index in [9.17, 15) is 8.42 Å². The van der Waals surface area contributed by atoms with Crippen LogP contribution < -0.4 is 14.6 Å². The average Bonchev–Trinajstić information content (AvgIpc) is 2.25. The van der Waals surface area contributed by atoms with Gasteiger partial charge in [0.05, 0.1) is 19.0 Å². The van der Waals surface area contributed by atoms with Crippen LogP contribution in [0.3, 0.4) is 0 Å². The molecule has 1 aromatic rings. The summed E-state index contributed by atoms with van der Waals surface area (Å²) in [6.07, 6.45) is 0. The Kier molecular flexibility index (Phi) is 5.43. The minimum atomic E-state index is -3.45. The number of ether oxygens (including phenoxy) is 2. The van der Waals surface area contributed by atoms with Crippen molar-refractivity contribution in [3.63, 3.8) is 0 Å². The molecule has 102 valence electrons. The second-order valence-electron chi connectivity index (χ2n) is 4.15. The first kappa shape index (κ1) is 14.8. The van der Waals surface area contributed by atoms with Crippen LogP contribution >= 0.6 is 0 Å². The van der Waals surface area contributed by atoms with Crippen LogP contribution in [0.4, 0.5) is 0 Å². The molecule has 6 heteroatoms. The maximum atomic E-state index is 10.9. The second-order valence-corrected chi connectivity index (χ2v) is 5.81. The van der Waals surface area contributed by atoms with Crippen LogP contribution in [0, 0.1) is 5.92 Å². The molecule has 1 atom stereocenters. The molecular formula is C12H19NO4S. The van der Waals surface area contributed by atoms with E-state index in [2.05, 4.69) is 0 Å². The van der Waals surface area contributed by atoms with Gasteiger partial charge in [0, 0.05) is 12.0 Å². The fraction of sp³-hybridized carbons (Fsp3) is 0.500. The van der Waals surface area contributed by atoms with E-state index < -0.39 is 10.0 Å². The molecule has 0 amide bonds. The van der Waals surface area contributed by atoms with Crippen LogP contribution in [0.2, 0.25) is 0 Å². The van der Waals surface area contributed by atoms with Crippen LogP contribution in [-0.4, -0.2) is 27.4 Å². The number of nitrogens with two attached hydrogens (primary N) is 1. The molecule has 0 aliphatic rings. The van der Waals surface area contributed by atoms with Crippen molar-refractivity contribution in [3.8, 4) is 11.5 Å². The van der Waals surface area contributed by atoms with E-state index in [0.29, 0.717) is 19.0 Å². The highest BCUT2D eigenvalue weighted by atomic mass is 32.2. The minimum Gasteiger partial charge on any atom is -0.494 e. The Balaban J connectivity index is 2.50. The Bertz CT molecular complexity index is 473. The van der Waals surface area contributed by atoms with Crippen molar-refractivity contribution in [3.05, 3.63) is 24.3 Å². The molecule has 2 N–H and O–H groups in total. The molecule has 0 aliphatic carbocycles. The zero-order chi connectivity index (χ0) is 13.6. The molecule has 0 spiro atoms. The van der Waals surface area contributed by atoms with Crippen LogP contribution in [0.1, 0.15) is 13.8 Å². The van der Waals surface area contributed by atoms with Gasteiger partial charge >= 0.3 is 0 Å². The number of rotatable bonds is 7. The van der Waals surface area contributed by atoms with Crippen LogP contribution in [0.5, 0.6) is 11.5 Å². The van der Waals surface area contributed by atoms with Crippen LogP contribution in [-0.2, 0) is 10.0 Å². The van der Waals surface area contributed by atoms with Crippen LogP contribution in [0.25, 0.3) is 0 Å². The molecule has 0 heterocycles. The number of sulfonamides is 1. The Morgan fingerprint density at radius 3 is 2.44 bits per heavy atom. The summed E-state index contributed by atoms with van der Waals surface area (Å²) < 4.78 is 32.6. The smallest absolute Gasteiger partial charge is 0.209 e. The molecule has 0 aliphatic heterocycles. The lowest BCUT2D eigenvalue weighted by Crippen LogP contribution is -2.25. The van der Waals surface area contributed by atoms with Gasteiger partial charge in [-0.25, -0.2) is 13.6 Å². The lowest BCUT2D eigenvalue weighted by atomic mass is 10.2. The van der Waals surface area contributed by atoms with Crippen molar-refractivity contribution in [1.82, 2.24) is 0 Å². The highest BCUT2D eigenvalue weighted by Gasteiger charge is 2.11. The molecule has 0 bridgehead atoms. The van der Waals surface area contributed by atoms with Gasteiger partial charge in [0.1, 0.15) is 11.5 Å². The van der Waals surface area contributed by atoms with Gasteiger partial charge in [0.2, 0.25) is 10.0 Å². The summed E-state index contributed by atoms with van der Waals surface area (Å²) in [6, 6.07) is 7.23. The maximum absolute atomic E-state index is 10.9. The third-order valence-electron chi connectivity index (χ3n) is 2.17. The number of benzene rings is 1. The van der Waals surface area contributed by atoms with Crippen LogP contribution in [0.15, 0.2) is 24.3 Å². The normalized spacial score (nSPS) is 13.1. The molecule has 1 unspecified atom stereocenters. The number of primary sulfonamides is 1. The van der Waals surface area contributed by atoms with E-state index in [1.807, 2.05) is 19.1 Å². The lowest BCUT2D eigenvalue weighted by molar-refractivity contribution is 0.269. The first-order valence-electron chi connectivity index (χ1n) is 5.77. The third-order valence-corrected chi connectivity index (χ3v) is 3.20. The SMILES string of the molecule is CCOc1cccc(OCC(C)CS(N)(=O)=O)c1. The van der Waals surface area contributed by atoms with Gasteiger partial charge in [0.25, 0.3) is 0 Å². The van der Waals surface area contributed by atoms with Gasteiger partial charge in [-0.2, -0.15) is 0 Å². The van der Waals surface area contributed by atoms with Crippen molar-refractivity contribution < 1.29 is 17.9 Å². The quantitative estimate of drug-likeness (QED) is 0.814. The van der Waals surface area contributed by atoms with Gasteiger partial charge in [0.15, 0.2) is 0 Å². The third kappa shape index (κ3) is 5.88. The average molecular weight is 273 g/mol. The van der Waals surface area contributed by atoms with Gasteiger partial charge in [-0.1, -0.05) is 13.0 Å². The second kappa shape index (κ2) is 6.61. The summed E-state index contributed by atoms with van der Waals surface area (Å²) in [4.78, 5) is 0. The Morgan fingerprint density at radius 1 is 1.28 bits per heavy atom. The first-order chi connectivity index (χ1) is 8.40. The van der Waals surface area contributed by atoms with Crippen molar-refractivity contribution >= 4 is 10.0 Å². The molecule has 0 fully saturated rings. The molecule has 0 saturated heterocycles. The fourth-order valence-corrected chi connectivity index (χ4v) is 2.39. The summed E-state index contributed by atoms with van der Waals surface area (Å²) in [7, 11) is -3.45. The van der Waals surface area contributed by atoms with E-state index in [-0.39, 0.29) is 11.7 Å². The summed E-state index contributed by atoms with van der Waals surface area (Å²) >= 11 is 0. The molecule has 5 nitrogen and oxygen atoms in total. The first-order valence-corrected chi connectivity index (χ1v) is 7.48. The highest BCUT2D eigenvalue weighted by molar-refractivity contribution is 7.89. The lowest BCUT2D eigenvalue weighted by Gasteiger charge is -2.12. The van der Waals surface area contributed by atoms with Gasteiger partial charge in [-0.3, -0.25) is 0 Å². The van der Waals surface area contributed by atoms with E-state index in [0.717, 1.165) is 5.75 Å². The largest absolute Gasteiger partial charge is 0.494 e. The van der Waals surface area contributed by atoms with E-state index in [1.54, 1.807) is 19.1 Å². The van der Waals surface area contributed by atoms with E-state index in [4.69, 9.17) is 14.6 Å². The predicted molar refractivity (Wildman–Crippen MR) is 70.2 cm³/mol. The maximum Gasteiger partial charge on any atom is 0.209 e. The zero-order valence-electron chi connectivity index (χ0n) is 10.6. The molecule has 0 saturated carbocycles. The van der Waals surface area contributed by atoms with Gasteiger partial charge < -0.3 is 9.47 Å². The topological polar surface area (TPSA) is 78.6 Å². The Morgan fingerprint density at radius 2 is 1.89 bits per heavy atom. The number of hydrogen-bond acceptors (Lipinski definition) is 4. The summed E-state index contributed by atoms with van der Waals surface area (Å²) in [5.74, 6) is 1.14. The molecule has 18 heavy (non-hydrogen) atoms. The van der Waals surface area contributed by atoms with Crippen molar-refractivity contribution in [2.45, 2.75) is 13.8 Å². The van der Waals surface area contributed by atoms with E-state index in [1.165, 1.54) is 0 Å².